The molecule has 1 unspecified atom stereocenters. The minimum atomic E-state index is -4.09. The highest BCUT2D eigenvalue weighted by Gasteiger charge is 2.29. The summed E-state index contributed by atoms with van der Waals surface area (Å²) in [6, 6.07) is 3.40. The van der Waals surface area contributed by atoms with Crippen LogP contribution in [0.2, 0.25) is 5.02 Å². The van der Waals surface area contributed by atoms with Gasteiger partial charge in [0.2, 0.25) is 10.0 Å². The molecule has 0 aliphatic rings. The molecule has 1 atom stereocenters. The van der Waals surface area contributed by atoms with E-state index in [0.717, 1.165) is 16.4 Å². The van der Waals surface area contributed by atoms with Gasteiger partial charge in [0, 0.05) is 18.1 Å². The first-order valence-electron chi connectivity index (χ1n) is 5.31. The van der Waals surface area contributed by atoms with Crippen LogP contribution in [0, 0.1) is 17.1 Å². The highest BCUT2D eigenvalue weighted by molar-refractivity contribution is 7.89. The largest absolute Gasteiger partial charge is 0.396 e. The molecule has 0 saturated heterocycles. The molecule has 0 saturated carbocycles. The zero-order valence-electron chi connectivity index (χ0n) is 10.4. The van der Waals surface area contributed by atoms with E-state index >= 15 is 0 Å². The van der Waals surface area contributed by atoms with E-state index in [4.69, 9.17) is 22.6 Å². The van der Waals surface area contributed by atoms with Crippen molar-refractivity contribution in [2.45, 2.75) is 24.3 Å². The summed E-state index contributed by atoms with van der Waals surface area (Å²) in [6.45, 7) is 1.55. The normalized spacial score (nSPS) is 13.3. The number of hydrogen-bond donors (Lipinski definition) is 1. The molecule has 1 rings (SSSR count). The number of nitrogens with zero attached hydrogens (tertiary/aromatic N) is 2. The third-order valence-corrected chi connectivity index (χ3v) is 4.89. The predicted octanol–water partition coefficient (Wildman–Crippen LogP) is 1.98. The lowest BCUT2D eigenvalue weighted by Crippen LogP contribution is -2.35. The Morgan fingerprint density at radius 1 is 1.58 bits per heavy atom. The van der Waals surface area contributed by atoms with Crippen LogP contribution in [0.3, 0.4) is 0 Å². The molecule has 5 nitrogen and oxygen atoms in total. The van der Waals surface area contributed by atoms with Gasteiger partial charge in [0.15, 0.2) is 5.82 Å². The van der Waals surface area contributed by atoms with E-state index in [0.29, 0.717) is 0 Å². The highest BCUT2D eigenvalue weighted by atomic mass is 35.5. The monoisotopic (exact) mass is 305 g/mol. The van der Waals surface area contributed by atoms with E-state index in [-0.39, 0.29) is 17.1 Å². The quantitative estimate of drug-likeness (QED) is 0.862. The lowest BCUT2D eigenvalue weighted by atomic mass is 10.3. The molecule has 2 N–H and O–H groups in total. The summed E-state index contributed by atoms with van der Waals surface area (Å²) < 4.78 is 39.2. The third-order valence-electron chi connectivity index (χ3n) is 2.70. The number of halogens is 2. The van der Waals surface area contributed by atoms with Crippen LogP contribution in [-0.2, 0) is 10.0 Å². The average Bonchev–Trinajstić information content (AvgIpc) is 2.32. The summed E-state index contributed by atoms with van der Waals surface area (Å²) in [6.07, 6.45) is -0.00655. The Morgan fingerprint density at radius 2 is 2.16 bits per heavy atom. The fraction of sp³-hybridized carbons (Fsp3) is 0.364. The molecule has 0 bridgehead atoms. The summed E-state index contributed by atoms with van der Waals surface area (Å²) in [5.41, 5.74) is 5.02. The Balaban J connectivity index is 3.33. The molecule has 19 heavy (non-hydrogen) atoms. The van der Waals surface area contributed by atoms with Gasteiger partial charge in [-0.05, 0) is 19.1 Å². The van der Waals surface area contributed by atoms with Crippen molar-refractivity contribution in [3.05, 3.63) is 23.0 Å². The molecule has 0 aliphatic heterocycles. The lowest BCUT2D eigenvalue weighted by Gasteiger charge is -2.22. The molecule has 0 aliphatic carbocycles. The van der Waals surface area contributed by atoms with Crippen molar-refractivity contribution in [1.29, 1.82) is 5.26 Å². The second-order valence-corrected chi connectivity index (χ2v) is 6.44. The first-order chi connectivity index (χ1) is 8.71. The van der Waals surface area contributed by atoms with Crippen molar-refractivity contribution in [2.24, 2.45) is 0 Å². The van der Waals surface area contributed by atoms with Gasteiger partial charge in [-0.3, -0.25) is 0 Å². The van der Waals surface area contributed by atoms with Gasteiger partial charge in [-0.15, -0.1) is 0 Å². The standard InChI is InChI=1S/C11H13ClFN3O2S/c1-7(3-4-14)16(2)19(17,18)10-6-8(12)5-9(15)11(10)13/h5-7H,3,15H2,1-2H3. The zero-order valence-corrected chi connectivity index (χ0v) is 12.0. The smallest absolute Gasteiger partial charge is 0.246 e. The van der Waals surface area contributed by atoms with Crippen LogP contribution in [0.25, 0.3) is 0 Å². The Kier molecular flexibility index (Phi) is 4.74. The number of benzene rings is 1. The van der Waals surface area contributed by atoms with Crippen molar-refractivity contribution in [2.75, 3.05) is 12.8 Å². The SMILES string of the molecule is CC(CC#N)N(C)S(=O)(=O)c1cc(Cl)cc(N)c1F. The first kappa shape index (κ1) is 15.7. The molecular weight excluding hydrogens is 293 g/mol. The second kappa shape index (κ2) is 5.74. The van der Waals surface area contributed by atoms with Gasteiger partial charge in [-0.1, -0.05) is 11.6 Å². The predicted molar refractivity (Wildman–Crippen MR) is 70.5 cm³/mol. The number of nitrogens with two attached hydrogens (primary N) is 1. The van der Waals surface area contributed by atoms with Gasteiger partial charge in [-0.25, -0.2) is 12.8 Å². The maximum Gasteiger partial charge on any atom is 0.246 e. The van der Waals surface area contributed by atoms with Gasteiger partial charge in [0.1, 0.15) is 4.90 Å². The minimum Gasteiger partial charge on any atom is -0.396 e. The van der Waals surface area contributed by atoms with Crippen LogP contribution in [0.1, 0.15) is 13.3 Å². The topological polar surface area (TPSA) is 87.2 Å². The summed E-state index contributed by atoms with van der Waals surface area (Å²) in [5, 5.41) is 8.60. The Labute approximate surface area is 116 Å². The molecule has 0 heterocycles. The second-order valence-electron chi connectivity index (χ2n) is 4.04. The van der Waals surface area contributed by atoms with Crippen LogP contribution in [-0.4, -0.2) is 25.8 Å². The van der Waals surface area contributed by atoms with Crippen LogP contribution in [0.5, 0.6) is 0 Å². The van der Waals surface area contributed by atoms with Crippen molar-refractivity contribution in [3.8, 4) is 6.07 Å². The van der Waals surface area contributed by atoms with E-state index in [1.165, 1.54) is 7.05 Å². The molecule has 0 aromatic heterocycles. The van der Waals surface area contributed by atoms with Crippen LogP contribution in [0.4, 0.5) is 10.1 Å². The van der Waals surface area contributed by atoms with Crippen molar-refractivity contribution >= 4 is 27.3 Å². The molecule has 0 radical (unpaired) electrons. The van der Waals surface area contributed by atoms with Crippen LogP contribution < -0.4 is 5.73 Å². The summed E-state index contributed by atoms with van der Waals surface area (Å²) in [4.78, 5) is -0.593. The number of hydrogen-bond acceptors (Lipinski definition) is 4. The average molecular weight is 306 g/mol. The summed E-state index contributed by atoms with van der Waals surface area (Å²) >= 11 is 5.69. The van der Waals surface area contributed by atoms with E-state index in [2.05, 4.69) is 0 Å². The van der Waals surface area contributed by atoms with E-state index in [9.17, 15) is 12.8 Å². The maximum absolute atomic E-state index is 13.8. The minimum absolute atomic E-state index is 0.00655. The molecule has 0 amide bonds. The van der Waals surface area contributed by atoms with E-state index < -0.39 is 26.8 Å². The van der Waals surface area contributed by atoms with E-state index in [1.807, 2.05) is 6.07 Å². The van der Waals surface area contributed by atoms with Gasteiger partial charge in [0.25, 0.3) is 0 Å². The number of nitrogen functional groups attached to an aromatic ring is 1. The highest BCUT2D eigenvalue weighted by Crippen LogP contribution is 2.28. The van der Waals surface area contributed by atoms with Crippen molar-refractivity contribution in [3.63, 3.8) is 0 Å². The molecule has 104 valence electrons. The maximum atomic E-state index is 13.8. The molecule has 1 aromatic carbocycles. The molecular formula is C11H13ClFN3O2S. The number of rotatable bonds is 4. The van der Waals surface area contributed by atoms with Gasteiger partial charge >= 0.3 is 0 Å². The fourth-order valence-corrected chi connectivity index (χ4v) is 3.19. The van der Waals surface area contributed by atoms with Gasteiger partial charge in [0.05, 0.1) is 18.2 Å². The molecule has 0 fully saturated rings. The van der Waals surface area contributed by atoms with Gasteiger partial charge in [-0.2, -0.15) is 9.57 Å². The zero-order chi connectivity index (χ0) is 14.8. The fourth-order valence-electron chi connectivity index (χ4n) is 1.42. The number of nitriles is 1. The molecule has 1 aromatic rings. The summed E-state index contributed by atoms with van der Waals surface area (Å²) in [7, 11) is -2.82. The third kappa shape index (κ3) is 3.15. The Hall–Kier alpha value is -1.36. The van der Waals surface area contributed by atoms with Crippen LogP contribution >= 0.6 is 11.6 Å². The Bertz CT molecular complexity index is 628. The Morgan fingerprint density at radius 3 is 2.68 bits per heavy atom. The molecule has 8 heteroatoms. The van der Waals surface area contributed by atoms with Crippen molar-refractivity contribution < 1.29 is 12.8 Å². The van der Waals surface area contributed by atoms with Gasteiger partial charge < -0.3 is 5.73 Å². The van der Waals surface area contributed by atoms with E-state index in [1.54, 1.807) is 6.92 Å². The number of sulfonamides is 1. The van der Waals surface area contributed by atoms with Crippen molar-refractivity contribution in [1.82, 2.24) is 4.31 Å². The number of anilines is 1. The summed E-state index contributed by atoms with van der Waals surface area (Å²) in [5.74, 6) is -1.04. The lowest BCUT2D eigenvalue weighted by molar-refractivity contribution is 0.390. The molecule has 0 spiro atoms. The van der Waals surface area contributed by atoms with Crippen LogP contribution in [0.15, 0.2) is 17.0 Å². The first-order valence-corrected chi connectivity index (χ1v) is 7.13.